The molecule has 0 bridgehead atoms. The van der Waals surface area contributed by atoms with E-state index in [4.69, 9.17) is 10.5 Å². The topological polar surface area (TPSA) is 124 Å². The molecular weight excluding hydrogens is 395 g/mol. The summed E-state index contributed by atoms with van der Waals surface area (Å²) < 4.78 is 46.7. The lowest BCUT2D eigenvalue weighted by atomic mass is 10.0. The molecule has 156 valence electrons. The van der Waals surface area contributed by atoms with Gasteiger partial charge in [0.2, 0.25) is 5.82 Å². The van der Waals surface area contributed by atoms with Crippen LogP contribution >= 0.6 is 0 Å². The number of rotatable bonds is 4. The highest BCUT2D eigenvalue weighted by Crippen LogP contribution is 2.29. The highest BCUT2D eigenvalue weighted by atomic mass is 19.4. The van der Waals surface area contributed by atoms with E-state index in [1.807, 2.05) is 0 Å². The first-order chi connectivity index (χ1) is 13.7. The van der Waals surface area contributed by atoms with Gasteiger partial charge in [0.25, 0.3) is 0 Å². The van der Waals surface area contributed by atoms with Gasteiger partial charge < -0.3 is 25.2 Å². The van der Waals surface area contributed by atoms with Crippen molar-refractivity contribution < 1.29 is 32.0 Å². The minimum Gasteiger partial charge on any atom is -0.448 e. The number of anilines is 1. The summed E-state index contributed by atoms with van der Waals surface area (Å²) in [5.74, 6) is -1.64. The van der Waals surface area contributed by atoms with Crippen molar-refractivity contribution in [2.75, 3.05) is 18.5 Å². The number of carbonyl (C=O) groups is 2. The van der Waals surface area contributed by atoms with Crippen molar-refractivity contribution in [1.82, 2.24) is 15.0 Å². The molecule has 1 unspecified atom stereocenters. The SMILES string of the molecule is NC(=O)OCC1CCCCN1C(=O)Nc1ccc(-c2noc(C(F)(F)F)n2)cc1. The predicted molar refractivity (Wildman–Crippen MR) is 93.6 cm³/mol. The van der Waals surface area contributed by atoms with Crippen molar-refractivity contribution in [2.24, 2.45) is 5.73 Å². The van der Waals surface area contributed by atoms with E-state index in [0.717, 1.165) is 12.8 Å². The molecule has 1 aromatic carbocycles. The molecule has 12 heteroatoms. The third-order valence-electron chi connectivity index (χ3n) is 4.37. The monoisotopic (exact) mass is 413 g/mol. The number of piperidine rings is 1. The summed E-state index contributed by atoms with van der Waals surface area (Å²) in [6.07, 6.45) is -3.22. The molecule has 1 aliphatic rings. The van der Waals surface area contributed by atoms with Crippen LogP contribution in [0.15, 0.2) is 28.8 Å². The zero-order valence-corrected chi connectivity index (χ0v) is 15.1. The minimum atomic E-state index is -4.72. The number of urea groups is 1. The first kappa shape index (κ1) is 20.4. The lowest BCUT2D eigenvalue weighted by Gasteiger charge is -2.35. The van der Waals surface area contributed by atoms with Crippen LogP contribution in [0.3, 0.4) is 0 Å². The van der Waals surface area contributed by atoms with E-state index in [9.17, 15) is 22.8 Å². The average molecular weight is 413 g/mol. The third-order valence-corrected chi connectivity index (χ3v) is 4.37. The molecule has 0 spiro atoms. The molecule has 1 saturated heterocycles. The van der Waals surface area contributed by atoms with E-state index < -0.39 is 18.2 Å². The average Bonchev–Trinajstić information content (AvgIpc) is 3.18. The number of primary amides is 1. The van der Waals surface area contributed by atoms with Crippen LogP contribution in [0.4, 0.5) is 28.4 Å². The molecule has 0 radical (unpaired) electrons. The summed E-state index contributed by atoms with van der Waals surface area (Å²) in [7, 11) is 0. The maximum absolute atomic E-state index is 12.6. The molecule has 0 aliphatic carbocycles. The summed E-state index contributed by atoms with van der Waals surface area (Å²) in [6.45, 7) is 0.515. The maximum atomic E-state index is 12.6. The molecule has 2 aromatic rings. The second kappa shape index (κ2) is 8.37. The molecule has 2 heterocycles. The van der Waals surface area contributed by atoms with E-state index in [0.29, 0.717) is 24.2 Å². The molecule has 29 heavy (non-hydrogen) atoms. The zero-order chi connectivity index (χ0) is 21.0. The number of nitrogens with two attached hydrogens (primary N) is 1. The van der Waals surface area contributed by atoms with Gasteiger partial charge in [0, 0.05) is 17.8 Å². The summed E-state index contributed by atoms with van der Waals surface area (Å²) in [5, 5.41) is 6.02. The molecule has 3 rings (SSSR count). The Morgan fingerprint density at radius 2 is 2.00 bits per heavy atom. The van der Waals surface area contributed by atoms with Crippen molar-refractivity contribution in [3.05, 3.63) is 30.2 Å². The smallest absolute Gasteiger partial charge is 0.448 e. The van der Waals surface area contributed by atoms with E-state index in [-0.39, 0.29) is 24.5 Å². The highest BCUT2D eigenvalue weighted by molar-refractivity contribution is 5.90. The van der Waals surface area contributed by atoms with Crippen LogP contribution in [-0.4, -0.2) is 46.4 Å². The molecule has 1 aromatic heterocycles. The van der Waals surface area contributed by atoms with Gasteiger partial charge in [0.1, 0.15) is 6.61 Å². The van der Waals surface area contributed by atoms with Gasteiger partial charge in [-0.15, -0.1) is 0 Å². The van der Waals surface area contributed by atoms with Gasteiger partial charge in [0.05, 0.1) is 6.04 Å². The quantitative estimate of drug-likeness (QED) is 0.793. The second-order valence-corrected chi connectivity index (χ2v) is 6.40. The Labute approximate surface area is 163 Å². The molecule has 1 fully saturated rings. The summed E-state index contributed by atoms with van der Waals surface area (Å²) >= 11 is 0. The molecule has 1 atom stereocenters. The van der Waals surface area contributed by atoms with Crippen molar-refractivity contribution in [2.45, 2.75) is 31.5 Å². The van der Waals surface area contributed by atoms with Crippen molar-refractivity contribution in [3.63, 3.8) is 0 Å². The van der Waals surface area contributed by atoms with Crippen LogP contribution in [0, 0.1) is 0 Å². The minimum absolute atomic E-state index is 0.0149. The van der Waals surface area contributed by atoms with Crippen molar-refractivity contribution in [3.8, 4) is 11.4 Å². The normalized spacial score (nSPS) is 17.1. The lowest BCUT2D eigenvalue weighted by molar-refractivity contribution is -0.159. The van der Waals surface area contributed by atoms with Gasteiger partial charge in [-0.1, -0.05) is 5.16 Å². The Hall–Kier alpha value is -3.31. The summed E-state index contributed by atoms with van der Waals surface area (Å²) in [5.41, 5.74) is 5.71. The number of amides is 3. The van der Waals surface area contributed by atoms with E-state index in [1.54, 1.807) is 4.90 Å². The van der Waals surface area contributed by atoms with Crippen molar-refractivity contribution in [1.29, 1.82) is 0 Å². The fourth-order valence-electron chi connectivity index (χ4n) is 2.97. The number of carbonyl (C=O) groups excluding carboxylic acids is 2. The van der Waals surface area contributed by atoms with Crippen LogP contribution < -0.4 is 11.1 Å². The van der Waals surface area contributed by atoms with Gasteiger partial charge in [-0.2, -0.15) is 18.2 Å². The standard InChI is InChI=1S/C17H18F3N5O4/c18-17(19,20)14-23-13(24-29-14)10-4-6-11(7-5-10)22-16(27)25-8-2-1-3-12(25)9-28-15(21)26/h4-7,12H,1-3,8-9H2,(H2,21,26)(H,22,27). The van der Waals surface area contributed by atoms with Crippen LogP contribution in [0.1, 0.15) is 25.2 Å². The van der Waals surface area contributed by atoms with Crippen LogP contribution in [0.25, 0.3) is 11.4 Å². The molecule has 3 amide bonds. The molecule has 0 saturated carbocycles. The number of ether oxygens (including phenoxy) is 1. The van der Waals surface area contributed by atoms with Gasteiger partial charge in [-0.05, 0) is 43.5 Å². The maximum Gasteiger partial charge on any atom is 0.471 e. The fraction of sp³-hybridized carbons (Fsp3) is 0.412. The fourth-order valence-corrected chi connectivity index (χ4v) is 2.97. The number of halogens is 3. The molecule has 9 nitrogen and oxygen atoms in total. The first-order valence-corrected chi connectivity index (χ1v) is 8.75. The van der Waals surface area contributed by atoms with Gasteiger partial charge in [0.15, 0.2) is 0 Å². The Morgan fingerprint density at radius 1 is 1.28 bits per heavy atom. The third kappa shape index (κ3) is 5.15. The van der Waals surface area contributed by atoms with Crippen LogP contribution in [0.5, 0.6) is 0 Å². The molecular formula is C17H18F3N5O4. The predicted octanol–water partition coefficient (Wildman–Crippen LogP) is 3.24. The van der Waals surface area contributed by atoms with Crippen LogP contribution in [-0.2, 0) is 10.9 Å². The number of nitrogens with one attached hydrogen (secondary N) is 1. The number of benzene rings is 1. The van der Waals surface area contributed by atoms with Gasteiger partial charge >= 0.3 is 24.2 Å². The second-order valence-electron chi connectivity index (χ2n) is 6.40. The summed E-state index contributed by atoms with van der Waals surface area (Å²) in [6, 6.07) is 5.28. The van der Waals surface area contributed by atoms with E-state index in [1.165, 1.54) is 24.3 Å². The van der Waals surface area contributed by atoms with Gasteiger partial charge in [-0.25, -0.2) is 9.59 Å². The number of hydrogen-bond acceptors (Lipinski definition) is 6. The number of nitrogens with zero attached hydrogens (tertiary/aromatic N) is 3. The van der Waals surface area contributed by atoms with E-state index in [2.05, 4.69) is 20.0 Å². The number of alkyl halides is 3. The number of aromatic nitrogens is 2. The van der Waals surface area contributed by atoms with E-state index >= 15 is 0 Å². The number of hydrogen-bond donors (Lipinski definition) is 2. The lowest BCUT2D eigenvalue weighted by Crippen LogP contribution is -2.48. The Bertz CT molecular complexity index is 869. The van der Waals surface area contributed by atoms with Crippen molar-refractivity contribution >= 4 is 17.8 Å². The largest absolute Gasteiger partial charge is 0.471 e. The summed E-state index contributed by atoms with van der Waals surface area (Å²) in [4.78, 5) is 28.3. The van der Waals surface area contributed by atoms with Crippen LogP contribution in [0.2, 0.25) is 0 Å². The zero-order valence-electron chi connectivity index (χ0n) is 15.1. The number of likely N-dealkylation sites (tertiary alicyclic amines) is 1. The van der Waals surface area contributed by atoms with Gasteiger partial charge in [-0.3, -0.25) is 0 Å². The first-order valence-electron chi connectivity index (χ1n) is 8.75. The highest BCUT2D eigenvalue weighted by Gasteiger charge is 2.38. The Morgan fingerprint density at radius 3 is 2.62 bits per heavy atom. The molecule has 1 aliphatic heterocycles. The Balaban J connectivity index is 1.64. The Kier molecular flexibility index (Phi) is 5.89. The molecule has 3 N–H and O–H groups in total.